The zero-order chi connectivity index (χ0) is 14.1. The molecule has 0 aliphatic heterocycles. The lowest BCUT2D eigenvalue weighted by atomic mass is 10.1. The first-order valence-corrected chi connectivity index (χ1v) is 6.65. The molecule has 0 unspecified atom stereocenters. The second-order valence-corrected chi connectivity index (χ2v) is 4.64. The first kappa shape index (κ1) is 15.5. The van der Waals surface area contributed by atoms with Crippen molar-refractivity contribution in [2.45, 2.75) is 32.8 Å². The highest BCUT2D eigenvalue weighted by Crippen LogP contribution is 2.13. The van der Waals surface area contributed by atoms with E-state index in [-0.39, 0.29) is 12.1 Å². The van der Waals surface area contributed by atoms with Crippen LogP contribution in [0.1, 0.15) is 25.8 Å². The molecule has 0 aliphatic carbocycles. The summed E-state index contributed by atoms with van der Waals surface area (Å²) >= 11 is 0. The fraction of sp³-hybridized carbons (Fsp3) is 0.533. The normalized spacial score (nSPS) is 10.5. The van der Waals surface area contributed by atoms with Gasteiger partial charge in [0.2, 0.25) is 0 Å². The van der Waals surface area contributed by atoms with E-state index < -0.39 is 0 Å². The Hall–Kier alpha value is -1.55. The smallest absolute Gasteiger partial charge is 0.306 e. The van der Waals surface area contributed by atoms with Gasteiger partial charge in [-0.1, -0.05) is 12.1 Å². The van der Waals surface area contributed by atoms with E-state index >= 15 is 0 Å². The van der Waals surface area contributed by atoms with Crippen LogP contribution in [0.15, 0.2) is 24.3 Å². The summed E-state index contributed by atoms with van der Waals surface area (Å²) in [5, 5.41) is 3.21. The van der Waals surface area contributed by atoms with Crippen LogP contribution < -0.4 is 10.1 Å². The van der Waals surface area contributed by atoms with Crippen LogP contribution in [0.4, 0.5) is 0 Å². The summed E-state index contributed by atoms with van der Waals surface area (Å²) in [6, 6.07) is 8.12. The van der Waals surface area contributed by atoms with Crippen molar-refractivity contribution in [1.29, 1.82) is 0 Å². The Kier molecular flexibility index (Phi) is 6.97. The van der Waals surface area contributed by atoms with Crippen LogP contribution in [0.3, 0.4) is 0 Å². The quantitative estimate of drug-likeness (QED) is 0.578. The Morgan fingerprint density at radius 1 is 1.21 bits per heavy atom. The van der Waals surface area contributed by atoms with Crippen LogP contribution in [0.2, 0.25) is 0 Å². The van der Waals surface area contributed by atoms with Gasteiger partial charge in [-0.15, -0.1) is 0 Å². The first-order valence-electron chi connectivity index (χ1n) is 6.65. The van der Waals surface area contributed by atoms with Crippen molar-refractivity contribution in [3.05, 3.63) is 29.8 Å². The van der Waals surface area contributed by atoms with Gasteiger partial charge in [0.1, 0.15) is 5.75 Å². The molecule has 0 saturated carbocycles. The summed E-state index contributed by atoms with van der Waals surface area (Å²) in [4.78, 5) is 10.9. The van der Waals surface area contributed by atoms with E-state index in [0.29, 0.717) is 13.0 Å². The summed E-state index contributed by atoms with van der Waals surface area (Å²) in [5.74, 6) is 0.722. The number of nitrogens with one attached hydrogen (secondary N) is 1. The summed E-state index contributed by atoms with van der Waals surface area (Å²) in [7, 11) is 1.41. The van der Waals surface area contributed by atoms with Gasteiger partial charge < -0.3 is 14.8 Å². The molecular formula is C15H23NO3. The molecule has 1 aromatic carbocycles. The number of esters is 1. The molecule has 0 aromatic heterocycles. The molecule has 1 aromatic rings. The monoisotopic (exact) mass is 265 g/mol. The van der Waals surface area contributed by atoms with Gasteiger partial charge in [0, 0.05) is 6.54 Å². The van der Waals surface area contributed by atoms with Gasteiger partial charge in [0.25, 0.3) is 0 Å². The molecule has 4 nitrogen and oxygen atoms in total. The third-order valence-corrected chi connectivity index (χ3v) is 2.62. The first-order chi connectivity index (χ1) is 9.11. The fourth-order valence-electron chi connectivity index (χ4n) is 1.66. The molecule has 19 heavy (non-hydrogen) atoms. The molecule has 0 heterocycles. The molecular weight excluding hydrogens is 242 g/mol. The minimum atomic E-state index is -0.178. The Bertz CT molecular complexity index is 373. The minimum Gasteiger partial charge on any atom is -0.491 e. The average Bonchev–Trinajstić information content (AvgIpc) is 2.39. The van der Waals surface area contributed by atoms with E-state index in [1.165, 1.54) is 12.7 Å². The topological polar surface area (TPSA) is 47.6 Å². The number of methoxy groups -OCH3 is 1. The van der Waals surface area contributed by atoms with Crippen molar-refractivity contribution in [3.8, 4) is 5.75 Å². The molecule has 0 amide bonds. The van der Waals surface area contributed by atoms with Gasteiger partial charge in [-0.25, -0.2) is 0 Å². The van der Waals surface area contributed by atoms with Crippen LogP contribution in [-0.4, -0.2) is 32.3 Å². The van der Waals surface area contributed by atoms with Crippen molar-refractivity contribution >= 4 is 5.97 Å². The lowest BCUT2D eigenvalue weighted by molar-refractivity contribution is -0.140. The number of ether oxygens (including phenoxy) is 2. The molecule has 0 bridgehead atoms. The van der Waals surface area contributed by atoms with Crippen LogP contribution in [0, 0.1) is 0 Å². The Morgan fingerprint density at radius 2 is 1.89 bits per heavy atom. The number of rotatable bonds is 8. The van der Waals surface area contributed by atoms with E-state index in [1.54, 1.807) is 0 Å². The maximum Gasteiger partial charge on any atom is 0.306 e. The zero-order valence-corrected chi connectivity index (χ0v) is 11.9. The van der Waals surface area contributed by atoms with Gasteiger partial charge in [-0.05, 0) is 44.5 Å². The average molecular weight is 265 g/mol. The third kappa shape index (κ3) is 6.82. The van der Waals surface area contributed by atoms with E-state index in [4.69, 9.17) is 4.74 Å². The van der Waals surface area contributed by atoms with Crippen molar-refractivity contribution in [2.24, 2.45) is 0 Å². The lowest BCUT2D eigenvalue weighted by Crippen LogP contribution is -2.21. The van der Waals surface area contributed by atoms with E-state index in [0.717, 1.165) is 18.7 Å². The Morgan fingerprint density at radius 3 is 2.47 bits per heavy atom. The lowest BCUT2D eigenvalue weighted by Gasteiger charge is -2.10. The molecule has 0 atom stereocenters. The number of hydrogen-bond donors (Lipinski definition) is 1. The summed E-state index contributed by atoms with van der Waals surface area (Å²) in [6.07, 6.45) is 1.55. The Balaban J connectivity index is 2.21. The maximum absolute atomic E-state index is 10.9. The minimum absolute atomic E-state index is 0.178. The van der Waals surface area contributed by atoms with Crippen molar-refractivity contribution in [2.75, 3.05) is 20.2 Å². The van der Waals surface area contributed by atoms with Gasteiger partial charge in [-0.2, -0.15) is 0 Å². The summed E-state index contributed by atoms with van der Waals surface area (Å²) in [5.41, 5.74) is 1.25. The second-order valence-electron chi connectivity index (χ2n) is 4.64. The van der Waals surface area contributed by atoms with E-state index in [1.807, 2.05) is 26.0 Å². The predicted octanol–water partition coefficient (Wildman–Crippen LogP) is 2.17. The zero-order valence-electron chi connectivity index (χ0n) is 11.9. The second kappa shape index (κ2) is 8.53. The van der Waals surface area contributed by atoms with Gasteiger partial charge >= 0.3 is 5.97 Å². The number of hydrogen-bond acceptors (Lipinski definition) is 4. The highest BCUT2D eigenvalue weighted by Gasteiger charge is 2.00. The fourth-order valence-corrected chi connectivity index (χ4v) is 1.66. The van der Waals surface area contributed by atoms with E-state index in [9.17, 15) is 4.79 Å². The predicted molar refractivity (Wildman–Crippen MR) is 75.4 cm³/mol. The summed E-state index contributed by atoms with van der Waals surface area (Å²) in [6.45, 7) is 5.53. The van der Waals surface area contributed by atoms with Crippen LogP contribution in [0.25, 0.3) is 0 Å². The molecule has 0 saturated heterocycles. The summed E-state index contributed by atoms with van der Waals surface area (Å²) < 4.78 is 10.2. The molecule has 0 spiro atoms. The molecule has 0 fully saturated rings. The van der Waals surface area contributed by atoms with Crippen LogP contribution >= 0.6 is 0 Å². The Labute approximate surface area is 115 Å². The number of benzene rings is 1. The van der Waals surface area contributed by atoms with Gasteiger partial charge in [0.15, 0.2) is 0 Å². The number of carbonyl (C=O) groups excluding carboxylic acids is 1. The highest BCUT2D eigenvalue weighted by atomic mass is 16.5. The van der Waals surface area contributed by atoms with Crippen molar-refractivity contribution in [1.82, 2.24) is 5.32 Å². The van der Waals surface area contributed by atoms with Crippen molar-refractivity contribution in [3.63, 3.8) is 0 Å². The van der Waals surface area contributed by atoms with Crippen LogP contribution in [0.5, 0.6) is 5.75 Å². The molecule has 0 aliphatic rings. The highest BCUT2D eigenvalue weighted by molar-refractivity contribution is 5.69. The maximum atomic E-state index is 10.9. The SMILES string of the molecule is COC(=O)CCNCCc1ccc(OC(C)C)cc1. The number of carbonyl (C=O) groups is 1. The molecule has 106 valence electrons. The standard InChI is InChI=1S/C15H23NO3/c1-12(2)19-14-6-4-13(5-7-14)8-10-16-11-9-15(17)18-3/h4-7,12,16H,8-11H2,1-3H3. The van der Waals surface area contributed by atoms with Crippen molar-refractivity contribution < 1.29 is 14.3 Å². The molecule has 4 heteroatoms. The van der Waals surface area contributed by atoms with Gasteiger partial charge in [0.05, 0.1) is 19.6 Å². The molecule has 0 radical (unpaired) electrons. The largest absolute Gasteiger partial charge is 0.491 e. The molecule has 1 N–H and O–H groups in total. The molecule has 1 rings (SSSR count). The van der Waals surface area contributed by atoms with Crippen LogP contribution in [-0.2, 0) is 16.0 Å². The van der Waals surface area contributed by atoms with Gasteiger partial charge in [-0.3, -0.25) is 4.79 Å². The van der Waals surface area contributed by atoms with E-state index in [2.05, 4.69) is 22.2 Å². The third-order valence-electron chi connectivity index (χ3n) is 2.62.